The van der Waals surface area contributed by atoms with Crippen LogP contribution in [0.3, 0.4) is 0 Å². The van der Waals surface area contributed by atoms with E-state index >= 15 is 0 Å². The summed E-state index contributed by atoms with van der Waals surface area (Å²) in [5.74, 6) is 0.771. The van der Waals surface area contributed by atoms with Crippen LogP contribution in [-0.4, -0.2) is 35.8 Å². The highest BCUT2D eigenvalue weighted by atomic mass is 16.1. The average molecular weight is 332 g/mol. The zero-order chi connectivity index (χ0) is 17.2. The molecule has 1 saturated heterocycles. The van der Waals surface area contributed by atoms with Gasteiger partial charge in [-0.1, -0.05) is 30.3 Å². The predicted molar refractivity (Wildman–Crippen MR) is 102 cm³/mol. The van der Waals surface area contributed by atoms with E-state index in [9.17, 15) is 4.79 Å². The molecule has 0 spiro atoms. The first kappa shape index (κ1) is 16.1. The molecule has 1 aliphatic rings. The summed E-state index contributed by atoms with van der Waals surface area (Å²) in [4.78, 5) is 18.5. The van der Waals surface area contributed by atoms with Crippen LogP contribution in [0, 0.1) is 0 Å². The van der Waals surface area contributed by atoms with E-state index in [0.717, 1.165) is 29.7 Å². The fourth-order valence-corrected chi connectivity index (χ4v) is 3.86. The lowest BCUT2D eigenvalue weighted by molar-refractivity contribution is 0.0993. The van der Waals surface area contributed by atoms with Crippen molar-refractivity contribution in [3.63, 3.8) is 0 Å². The van der Waals surface area contributed by atoms with E-state index in [1.54, 1.807) is 0 Å². The number of hydrogen-bond acceptors (Lipinski definition) is 2. The summed E-state index contributed by atoms with van der Waals surface area (Å²) in [6.07, 6.45) is 4.98. The summed E-state index contributed by atoms with van der Waals surface area (Å²) >= 11 is 0. The van der Waals surface area contributed by atoms with Crippen molar-refractivity contribution in [1.29, 1.82) is 0 Å². The number of H-pyrrole nitrogens is 1. The van der Waals surface area contributed by atoms with Crippen LogP contribution >= 0.6 is 0 Å². The van der Waals surface area contributed by atoms with Gasteiger partial charge in [0, 0.05) is 29.1 Å². The number of aromatic amines is 1. The molecule has 3 aromatic rings. The minimum atomic E-state index is 0.184. The van der Waals surface area contributed by atoms with Crippen LogP contribution in [-0.2, 0) is 6.42 Å². The van der Waals surface area contributed by atoms with Crippen LogP contribution in [0.15, 0.2) is 54.7 Å². The van der Waals surface area contributed by atoms with Crippen molar-refractivity contribution in [2.24, 2.45) is 0 Å². The maximum atomic E-state index is 12.7. The maximum absolute atomic E-state index is 12.7. The molecule has 1 aromatic heterocycles. The second-order valence-corrected chi connectivity index (χ2v) is 7.17. The molecule has 0 unspecified atom stereocenters. The summed E-state index contributed by atoms with van der Waals surface area (Å²) in [6.45, 7) is 2.29. The number of hydrogen-bond donors (Lipinski definition) is 1. The molecule has 4 rings (SSSR count). The van der Waals surface area contributed by atoms with Gasteiger partial charge in [-0.15, -0.1) is 0 Å². The molecule has 2 heterocycles. The summed E-state index contributed by atoms with van der Waals surface area (Å²) < 4.78 is 0. The van der Waals surface area contributed by atoms with Gasteiger partial charge in [0.25, 0.3) is 0 Å². The number of benzene rings is 2. The number of carbonyl (C=O) groups excluding carboxylic acids is 1. The Hall–Kier alpha value is -2.39. The van der Waals surface area contributed by atoms with Crippen molar-refractivity contribution in [3.05, 3.63) is 71.4 Å². The van der Waals surface area contributed by atoms with Gasteiger partial charge in [0.2, 0.25) is 0 Å². The third kappa shape index (κ3) is 3.38. The highest BCUT2D eigenvalue weighted by Crippen LogP contribution is 2.33. The number of fused-ring (bicyclic) bond motifs is 1. The van der Waals surface area contributed by atoms with Crippen LogP contribution in [0.2, 0.25) is 0 Å². The molecule has 1 fully saturated rings. The molecular formula is C22H24N2O. The lowest BCUT2D eigenvalue weighted by Crippen LogP contribution is -2.29. The van der Waals surface area contributed by atoms with E-state index in [0.29, 0.717) is 12.3 Å². The molecule has 0 atom stereocenters. The van der Waals surface area contributed by atoms with Crippen molar-refractivity contribution in [1.82, 2.24) is 9.88 Å². The van der Waals surface area contributed by atoms with Gasteiger partial charge in [-0.05, 0) is 68.2 Å². The molecule has 0 saturated carbocycles. The largest absolute Gasteiger partial charge is 0.361 e. The van der Waals surface area contributed by atoms with E-state index in [1.807, 2.05) is 42.5 Å². The minimum absolute atomic E-state index is 0.184. The van der Waals surface area contributed by atoms with E-state index in [-0.39, 0.29) is 5.78 Å². The number of rotatable bonds is 4. The molecule has 0 amide bonds. The first-order chi connectivity index (χ1) is 12.2. The molecule has 128 valence electrons. The Morgan fingerprint density at radius 1 is 1.12 bits per heavy atom. The number of ketones is 1. The molecule has 1 N–H and O–H groups in total. The summed E-state index contributed by atoms with van der Waals surface area (Å²) in [5, 5.41) is 1.22. The molecule has 3 nitrogen and oxygen atoms in total. The molecule has 2 aromatic carbocycles. The molecule has 0 bridgehead atoms. The van der Waals surface area contributed by atoms with Gasteiger partial charge in [-0.25, -0.2) is 0 Å². The minimum Gasteiger partial charge on any atom is -0.361 e. The van der Waals surface area contributed by atoms with Crippen molar-refractivity contribution >= 4 is 16.7 Å². The number of Topliss-reactive ketones (excluding diaryl/α,β-unsaturated/α-hetero) is 1. The lowest BCUT2D eigenvalue weighted by atomic mass is 9.89. The number of piperidine rings is 1. The Bertz CT molecular complexity index is 873. The molecular weight excluding hydrogens is 308 g/mol. The van der Waals surface area contributed by atoms with Crippen LogP contribution < -0.4 is 0 Å². The van der Waals surface area contributed by atoms with Crippen LogP contribution in [0.5, 0.6) is 0 Å². The Morgan fingerprint density at radius 2 is 1.88 bits per heavy atom. The highest BCUT2D eigenvalue weighted by Gasteiger charge is 2.21. The van der Waals surface area contributed by atoms with E-state index in [2.05, 4.69) is 29.2 Å². The third-order valence-electron chi connectivity index (χ3n) is 5.40. The lowest BCUT2D eigenvalue weighted by Gasteiger charge is -2.28. The Kier molecular flexibility index (Phi) is 4.41. The fraction of sp³-hybridized carbons (Fsp3) is 0.318. The molecule has 3 heteroatoms. The second kappa shape index (κ2) is 6.85. The monoisotopic (exact) mass is 332 g/mol. The maximum Gasteiger partial charge on any atom is 0.167 e. The van der Waals surface area contributed by atoms with Crippen LogP contribution in [0.1, 0.15) is 40.2 Å². The van der Waals surface area contributed by atoms with Gasteiger partial charge in [0.05, 0.1) is 0 Å². The van der Waals surface area contributed by atoms with Gasteiger partial charge in [-0.3, -0.25) is 4.79 Å². The number of nitrogens with zero attached hydrogens (tertiary/aromatic N) is 1. The van der Waals surface area contributed by atoms with E-state index in [4.69, 9.17) is 0 Å². The molecule has 1 aliphatic heterocycles. The molecule has 0 aliphatic carbocycles. The molecule has 25 heavy (non-hydrogen) atoms. The van der Waals surface area contributed by atoms with Gasteiger partial charge in [0.1, 0.15) is 0 Å². The van der Waals surface area contributed by atoms with Gasteiger partial charge < -0.3 is 9.88 Å². The predicted octanol–water partition coefficient (Wildman–Crippen LogP) is 4.40. The number of likely N-dealkylation sites (tertiary alicyclic amines) is 1. The Morgan fingerprint density at radius 3 is 2.64 bits per heavy atom. The Balaban J connectivity index is 1.61. The SMILES string of the molecule is CN1CCC(c2c[nH]c3ccc(C(=O)Cc4ccccc4)cc23)CC1. The fourth-order valence-electron chi connectivity index (χ4n) is 3.86. The third-order valence-corrected chi connectivity index (χ3v) is 5.40. The van der Waals surface area contributed by atoms with Gasteiger partial charge >= 0.3 is 0 Å². The van der Waals surface area contributed by atoms with E-state index in [1.165, 1.54) is 23.8 Å². The van der Waals surface area contributed by atoms with Gasteiger partial charge in [-0.2, -0.15) is 0 Å². The number of aromatic nitrogens is 1. The summed E-state index contributed by atoms with van der Waals surface area (Å²) in [5.41, 5.74) is 4.38. The summed E-state index contributed by atoms with van der Waals surface area (Å²) in [7, 11) is 2.19. The zero-order valence-corrected chi connectivity index (χ0v) is 14.7. The molecule has 0 radical (unpaired) electrons. The number of nitrogens with one attached hydrogen (secondary N) is 1. The normalized spacial score (nSPS) is 16.4. The van der Waals surface area contributed by atoms with Crippen molar-refractivity contribution in [3.8, 4) is 0 Å². The highest BCUT2D eigenvalue weighted by molar-refractivity contribution is 6.01. The quantitative estimate of drug-likeness (QED) is 0.719. The standard InChI is InChI=1S/C22H24N2O/c1-24-11-9-17(10-12-24)20-15-23-21-8-7-18(14-19(20)21)22(25)13-16-5-3-2-4-6-16/h2-8,14-15,17,23H,9-13H2,1H3. The topological polar surface area (TPSA) is 36.1 Å². The van der Waals surface area contributed by atoms with Crippen molar-refractivity contribution < 1.29 is 4.79 Å². The van der Waals surface area contributed by atoms with Gasteiger partial charge in [0.15, 0.2) is 5.78 Å². The van der Waals surface area contributed by atoms with E-state index < -0.39 is 0 Å². The number of carbonyl (C=O) groups is 1. The van der Waals surface area contributed by atoms with Crippen LogP contribution in [0.4, 0.5) is 0 Å². The smallest absolute Gasteiger partial charge is 0.167 e. The Labute approximate surface area is 148 Å². The average Bonchev–Trinajstić information content (AvgIpc) is 3.06. The summed E-state index contributed by atoms with van der Waals surface area (Å²) in [6, 6.07) is 16.0. The first-order valence-electron chi connectivity index (χ1n) is 9.07. The van der Waals surface area contributed by atoms with Crippen molar-refractivity contribution in [2.45, 2.75) is 25.2 Å². The van der Waals surface area contributed by atoms with Crippen molar-refractivity contribution in [2.75, 3.05) is 20.1 Å². The first-order valence-corrected chi connectivity index (χ1v) is 9.07. The zero-order valence-electron chi connectivity index (χ0n) is 14.7. The second-order valence-electron chi connectivity index (χ2n) is 7.17. The van der Waals surface area contributed by atoms with Crippen LogP contribution in [0.25, 0.3) is 10.9 Å².